The van der Waals surface area contributed by atoms with E-state index in [2.05, 4.69) is 0 Å². The van der Waals surface area contributed by atoms with Gasteiger partial charge in [0.15, 0.2) is 0 Å². The van der Waals surface area contributed by atoms with Crippen molar-refractivity contribution in [2.45, 2.75) is 44.8 Å². The van der Waals surface area contributed by atoms with Gasteiger partial charge >= 0.3 is 0 Å². The minimum absolute atomic E-state index is 0.0135. The van der Waals surface area contributed by atoms with Gasteiger partial charge in [0.05, 0.1) is 17.3 Å². The second-order valence-electron chi connectivity index (χ2n) is 7.87. The highest BCUT2D eigenvalue weighted by Gasteiger charge is 2.52. The zero-order valence-electron chi connectivity index (χ0n) is 16.9. The lowest BCUT2D eigenvalue weighted by atomic mass is 9.98. The van der Waals surface area contributed by atoms with Crippen molar-refractivity contribution in [2.75, 3.05) is 18.5 Å². The monoisotopic (exact) mass is 411 g/mol. The molecule has 152 valence electrons. The number of fused-ring (bicyclic) bond motifs is 3. The molecule has 1 saturated heterocycles. The number of hydrogen-bond donors (Lipinski definition) is 0. The highest BCUT2D eigenvalue weighted by Crippen LogP contribution is 2.44. The van der Waals surface area contributed by atoms with E-state index in [1.807, 2.05) is 43.5 Å². The fourth-order valence-electron chi connectivity index (χ4n) is 4.36. The third-order valence-electron chi connectivity index (χ3n) is 6.22. The van der Waals surface area contributed by atoms with Gasteiger partial charge in [-0.15, -0.1) is 11.3 Å². The second kappa shape index (κ2) is 7.30. The molecule has 0 N–H and O–H groups in total. The normalized spacial score (nSPS) is 21.8. The van der Waals surface area contributed by atoms with Gasteiger partial charge in [-0.3, -0.25) is 19.3 Å². The van der Waals surface area contributed by atoms with Gasteiger partial charge in [-0.2, -0.15) is 0 Å². The summed E-state index contributed by atoms with van der Waals surface area (Å²) in [5.74, 6) is -0.111. The average molecular weight is 412 g/mol. The SMILES string of the molecule is C[C@H](c1cccs1)N(C)C(=O)CCN1C(=O)c2ccccc2N2C(=O)CC[C@]12C. The number of carbonyl (C=O) groups excluding carboxylic acids is 3. The van der Waals surface area contributed by atoms with Crippen LogP contribution < -0.4 is 4.90 Å². The maximum atomic E-state index is 13.2. The number of carbonyl (C=O) groups is 3. The molecule has 0 radical (unpaired) electrons. The van der Waals surface area contributed by atoms with Crippen molar-refractivity contribution in [1.82, 2.24) is 9.80 Å². The largest absolute Gasteiger partial charge is 0.338 e. The molecule has 2 aliphatic rings. The van der Waals surface area contributed by atoms with E-state index in [1.165, 1.54) is 0 Å². The van der Waals surface area contributed by atoms with Gasteiger partial charge in [0.25, 0.3) is 5.91 Å². The molecule has 1 aromatic heterocycles. The van der Waals surface area contributed by atoms with Crippen molar-refractivity contribution in [3.63, 3.8) is 0 Å². The first kappa shape index (κ1) is 19.6. The maximum Gasteiger partial charge on any atom is 0.257 e. The van der Waals surface area contributed by atoms with E-state index in [1.54, 1.807) is 45.2 Å². The van der Waals surface area contributed by atoms with Crippen LogP contribution in [0.1, 0.15) is 54.4 Å². The van der Waals surface area contributed by atoms with Crippen LogP contribution in [0.5, 0.6) is 0 Å². The Balaban J connectivity index is 1.55. The molecule has 0 aliphatic carbocycles. The average Bonchev–Trinajstić information content (AvgIpc) is 3.35. The molecule has 1 aromatic carbocycles. The van der Waals surface area contributed by atoms with Crippen LogP contribution in [0, 0.1) is 0 Å². The molecule has 29 heavy (non-hydrogen) atoms. The van der Waals surface area contributed by atoms with Gasteiger partial charge in [-0.05, 0) is 43.8 Å². The number of hydrogen-bond acceptors (Lipinski definition) is 4. The number of thiophene rings is 1. The molecule has 2 aliphatic heterocycles. The summed E-state index contributed by atoms with van der Waals surface area (Å²) in [5, 5.41) is 2.00. The lowest BCUT2D eigenvalue weighted by molar-refractivity contribution is -0.132. The second-order valence-corrected chi connectivity index (χ2v) is 8.85. The van der Waals surface area contributed by atoms with Gasteiger partial charge in [0.2, 0.25) is 11.8 Å². The lowest BCUT2D eigenvalue weighted by Gasteiger charge is -2.48. The highest BCUT2D eigenvalue weighted by atomic mass is 32.1. The van der Waals surface area contributed by atoms with Crippen molar-refractivity contribution in [3.8, 4) is 0 Å². The summed E-state index contributed by atoms with van der Waals surface area (Å²) in [6.45, 7) is 4.21. The number of rotatable bonds is 5. The Morgan fingerprint density at radius 1 is 1.24 bits per heavy atom. The minimum Gasteiger partial charge on any atom is -0.338 e. The van der Waals surface area contributed by atoms with Gasteiger partial charge in [0, 0.05) is 31.3 Å². The van der Waals surface area contributed by atoms with E-state index >= 15 is 0 Å². The third kappa shape index (κ3) is 3.13. The Labute approximate surface area is 174 Å². The maximum absolute atomic E-state index is 13.2. The Morgan fingerprint density at radius 2 is 2.00 bits per heavy atom. The summed E-state index contributed by atoms with van der Waals surface area (Å²) < 4.78 is 0. The smallest absolute Gasteiger partial charge is 0.257 e. The summed E-state index contributed by atoms with van der Waals surface area (Å²) in [6.07, 6.45) is 1.19. The van der Waals surface area contributed by atoms with Gasteiger partial charge in [-0.1, -0.05) is 18.2 Å². The fourth-order valence-corrected chi connectivity index (χ4v) is 5.19. The molecular formula is C22H25N3O3S. The molecule has 7 heteroatoms. The summed E-state index contributed by atoms with van der Waals surface area (Å²) in [7, 11) is 1.80. The van der Waals surface area contributed by atoms with Crippen LogP contribution >= 0.6 is 11.3 Å². The molecule has 0 unspecified atom stereocenters. The first-order valence-corrected chi connectivity index (χ1v) is 10.8. The molecular weight excluding hydrogens is 386 g/mol. The Morgan fingerprint density at radius 3 is 2.72 bits per heavy atom. The number of para-hydroxylation sites is 1. The summed E-state index contributed by atoms with van der Waals surface area (Å²) >= 11 is 1.63. The number of benzene rings is 1. The molecule has 2 atom stereocenters. The predicted octanol–water partition coefficient (Wildman–Crippen LogP) is 3.66. The van der Waals surface area contributed by atoms with Crippen LogP contribution in [0.2, 0.25) is 0 Å². The van der Waals surface area contributed by atoms with E-state index in [-0.39, 0.29) is 36.7 Å². The van der Waals surface area contributed by atoms with Crippen molar-refractivity contribution in [2.24, 2.45) is 0 Å². The van der Waals surface area contributed by atoms with Crippen LogP contribution in [0.4, 0.5) is 5.69 Å². The topological polar surface area (TPSA) is 60.9 Å². The van der Waals surface area contributed by atoms with Gasteiger partial charge in [-0.25, -0.2) is 0 Å². The molecule has 4 rings (SSSR count). The number of anilines is 1. The predicted molar refractivity (Wildman–Crippen MR) is 113 cm³/mol. The van der Waals surface area contributed by atoms with E-state index < -0.39 is 5.66 Å². The van der Waals surface area contributed by atoms with Gasteiger partial charge < -0.3 is 9.80 Å². The molecule has 3 heterocycles. The standard InChI is InChI=1S/C22H25N3O3S/c1-15(18-9-6-14-29-18)23(3)19(26)11-13-24-21(28)16-7-4-5-8-17(16)25-20(27)10-12-22(24,25)2/h4-9,14-15H,10-13H2,1-3H3/t15-,22-/m1/s1. The number of nitrogens with zero attached hydrogens (tertiary/aromatic N) is 3. The molecule has 0 bridgehead atoms. The first-order valence-electron chi connectivity index (χ1n) is 9.87. The van der Waals surface area contributed by atoms with E-state index in [4.69, 9.17) is 0 Å². The van der Waals surface area contributed by atoms with Gasteiger partial charge in [0.1, 0.15) is 5.66 Å². The third-order valence-corrected chi connectivity index (χ3v) is 7.27. The van der Waals surface area contributed by atoms with Crippen LogP contribution in [0.3, 0.4) is 0 Å². The molecule has 2 aromatic rings. The van der Waals surface area contributed by atoms with E-state index in [9.17, 15) is 14.4 Å². The first-order chi connectivity index (χ1) is 13.8. The molecule has 3 amide bonds. The molecule has 0 spiro atoms. The van der Waals surface area contributed by atoms with Crippen LogP contribution in [0.15, 0.2) is 41.8 Å². The summed E-state index contributed by atoms with van der Waals surface area (Å²) in [6, 6.07) is 11.2. The van der Waals surface area contributed by atoms with Crippen molar-refractivity contribution in [3.05, 3.63) is 52.2 Å². The van der Waals surface area contributed by atoms with Crippen LogP contribution in [-0.2, 0) is 9.59 Å². The highest BCUT2D eigenvalue weighted by molar-refractivity contribution is 7.10. The quantitative estimate of drug-likeness (QED) is 0.754. The minimum atomic E-state index is -0.721. The summed E-state index contributed by atoms with van der Waals surface area (Å²) in [4.78, 5) is 45.0. The summed E-state index contributed by atoms with van der Waals surface area (Å²) in [5.41, 5.74) is 0.474. The molecule has 6 nitrogen and oxygen atoms in total. The lowest BCUT2D eigenvalue weighted by Crippen LogP contribution is -2.62. The van der Waals surface area contributed by atoms with Crippen molar-refractivity contribution < 1.29 is 14.4 Å². The molecule has 1 fully saturated rings. The van der Waals surface area contributed by atoms with Crippen LogP contribution in [-0.4, -0.2) is 46.8 Å². The fraction of sp³-hybridized carbons (Fsp3) is 0.409. The Kier molecular flexibility index (Phi) is 4.94. The zero-order valence-corrected chi connectivity index (χ0v) is 17.7. The Hall–Kier alpha value is -2.67. The van der Waals surface area contributed by atoms with E-state index in [0.29, 0.717) is 24.1 Å². The van der Waals surface area contributed by atoms with Crippen LogP contribution in [0.25, 0.3) is 0 Å². The van der Waals surface area contributed by atoms with E-state index in [0.717, 1.165) is 4.88 Å². The van der Waals surface area contributed by atoms with Crippen molar-refractivity contribution in [1.29, 1.82) is 0 Å². The molecule has 0 saturated carbocycles. The van der Waals surface area contributed by atoms with Crippen molar-refractivity contribution >= 4 is 34.7 Å². The Bertz CT molecular complexity index is 958. The zero-order chi connectivity index (χ0) is 20.8. The number of amides is 3.